The highest BCUT2D eigenvalue weighted by atomic mass is 79.9. The molecule has 1 saturated carbocycles. The van der Waals surface area contributed by atoms with Crippen LogP contribution < -0.4 is 4.74 Å². The third kappa shape index (κ3) is 3.56. The predicted molar refractivity (Wildman–Crippen MR) is 96.7 cm³/mol. The molecule has 1 aliphatic carbocycles. The first-order valence-electron chi connectivity index (χ1n) is 8.11. The maximum atomic E-state index is 11.4. The fourth-order valence-corrected chi connectivity index (χ4v) is 4.00. The van der Waals surface area contributed by atoms with Gasteiger partial charge in [0.25, 0.3) is 5.69 Å². The van der Waals surface area contributed by atoms with Crippen molar-refractivity contribution in [3.8, 4) is 5.75 Å². The molecule has 8 heteroatoms. The van der Waals surface area contributed by atoms with Crippen LogP contribution >= 0.6 is 15.9 Å². The number of nitrogens with zero attached hydrogens (tertiary/aromatic N) is 2. The van der Waals surface area contributed by atoms with Gasteiger partial charge in [-0.3, -0.25) is 15.1 Å². The Kier molecular flexibility index (Phi) is 4.87. The second-order valence-electron chi connectivity index (χ2n) is 7.01. The molecule has 2 bridgehead atoms. The van der Waals surface area contributed by atoms with Crippen molar-refractivity contribution in [2.24, 2.45) is 4.99 Å². The van der Waals surface area contributed by atoms with Crippen LogP contribution in [0.3, 0.4) is 0 Å². The number of benzene rings is 1. The summed E-state index contributed by atoms with van der Waals surface area (Å²) in [4.78, 5) is 15.6. The van der Waals surface area contributed by atoms with Gasteiger partial charge in [-0.05, 0) is 35.8 Å². The van der Waals surface area contributed by atoms with Gasteiger partial charge < -0.3 is 14.2 Å². The van der Waals surface area contributed by atoms with Gasteiger partial charge in [-0.1, -0.05) is 0 Å². The molecular weight excluding hydrogens is 392 g/mol. The number of aliphatic imine (C=N–C) groups is 1. The molecule has 0 atom stereocenters. The van der Waals surface area contributed by atoms with Crippen LogP contribution in [0.2, 0.25) is 0 Å². The van der Waals surface area contributed by atoms with E-state index in [-0.39, 0.29) is 22.9 Å². The van der Waals surface area contributed by atoms with Gasteiger partial charge in [0.2, 0.25) is 0 Å². The van der Waals surface area contributed by atoms with Gasteiger partial charge in [0.15, 0.2) is 0 Å². The molecule has 1 aromatic carbocycles. The van der Waals surface area contributed by atoms with E-state index in [0.717, 1.165) is 12.8 Å². The highest BCUT2D eigenvalue weighted by molar-refractivity contribution is 9.10. The van der Waals surface area contributed by atoms with Crippen LogP contribution in [0.15, 0.2) is 21.6 Å². The second kappa shape index (κ2) is 6.66. The summed E-state index contributed by atoms with van der Waals surface area (Å²) in [6.07, 6.45) is 3.07. The van der Waals surface area contributed by atoms with Gasteiger partial charge in [0, 0.05) is 26.2 Å². The first-order chi connectivity index (χ1) is 11.8. The third-order valence-electron chi connectivity index (χ3n) is 4.47. The Hall–Kier alpha value is -1.51. The molecule has 1 aromatic rings. The standard InChI is InChI=1S/C17H21BrN2O5/c1-11(2)25-15-5-14(20(21)22)12(4-13(15)18)6-19-16-7-17(8-16,10-23-3)24-9-16/h4-6,11H,7-10H2,1-3H3. The van der Waals surface area contributed by atoms with E-state index in [1.54, 1.807) is 19.4 Å². The number of fused-ring (bicyclic) bond motifs is 1. The molecule has 3 fully saturated rings. The lowest BCUT2D eigenvalue weighted by Gasteiger charge is -2.41. The summed E-state index contributed by atoms with van der Waals surface area (Å²) in [5.74, 6) is 0.448. The van der Waals surface area contributed by atoms with Crippen molar-refractivity contribution in [2.45, 2.75) is 43.9 Å². The number of nitro groups is 1. The fourth-order valence-electron chi connectivity index (χ4n) is 3.54. The van der Waals surface area contributed by atoms with E-state index in [1.165, 1.54) is 6.07 Å². The number of rotatable bonds is 7. The SMILES string of the molecule is COCC12CC(N=Cc3cc(Br)c(OC(C)C)cc3[N+](=O)[O-])(CO1)C2. The fraction of sp³-hybridized carbons (Fsp3) is 0.588. The van der Waals surface area contributed by atoms with E-state index in [4.69, 9.17) is 14.2 Å². The Balaban J connectivity index is 1.83. The maximum absolute atomic E-state index is 11.4. The Bertz CT molecular complexity index is 713. The van der Waals surface area contributed by atoms with Crippen LogP contribution in [-0.2, 0) is 9.47 Å². The van der Waals surface area contributed by atoms with Crippen molar-refractivity contribution >= 4 is 27.8 Å². The van der Waals surface area contributed by atoms with Crippen molar-refractivity contribution in [3.05, 3.63) is 32.3 Å². The first-order valence-corrected chi connectivity index (χ1v) is 8.90. The maximum Gasteiger partial charge on any atom is 0.281 e. The molecule has 25 heavy (non-hydrogen) atoms. The van der Waals surface area contributed by atoms with E-state index >= 15 is 0 Å². The van der Waals surface area contributed by atoms with Crippen molar-refractivity contribution in [2.75, 3.05) is 20.3 Å². The van der Waals surface area contributed by atoms with E-state index in [1.807, 2.05) is 13.8 Å². The average Bonchev–Trinajstić information content (AvgIpc) is 3.02. The van der Waals surface area contributed by atoms with Crippen molar-refractivity contribution in [1.82, 2.24) is 0 Å². The summed E-state index contributed by atoms with van der Waals surface area (Å²) in [6.45, 7) is 4.82. The van der Waals surface area contributed by atoms with Gasteiger partial charge in [0.1, 0.15) is 5.75 Å². The van der Waals surface area contributed by atoms with E-state index < -0.39 is 4.92 Å². The number of nitro benzene ring substituents is 1. The minimum absolute atomic E-state index is 0.0274. The molecule has 0 spiro atoms. The summed E-state index contributed by atoms with van der Waals surface area (Å²) >= 11 is 3.41. The van der Waals surface area contributed by atoms with Crippen LogP contribution in [0.1, 0.15) is 32.3 Å². The largest absolute Gasteiger partial charge is 0.490 e. The Morgan fingerprint density at radius 3 is 2.80 bits per heavy atom. The average molecular weight is 413 g/mol. The second-order valence-corrected chi connectivity index (χ2v) is 7.86. The number of halogens is 1. The van der Waals surface area contributed by atoms with Crippen LogP contribution in [-0.4, -0.2) is 48.7 Å². The Morgan fingerprint density at radius 1 is 1.48 bits per heavy atom. The molecule has 0 N–H and O–H groups in total. The smallest absolute Gasteiger partial charge is 0.281 e. The molecule has 3 aliphatic rings. The molecule has 7 nitrogen and oxygen atoms in total. The third-order valence-corrected chi connectivity index (χ3v) is 5.09. The molecule has 0 aromatic heterocycles. The van der Waals surface area contributed by atoms with Crippen LogP contribution in [0.4, 0.5) is 5.69 Å². The Labute approximate surface area is 154 Å². The summed E-state index contributed by atoms with van der Waals surface area (Å²) in [7, 11) is 1.65. The number of hydrogen-bond acceptors (Lipinski definition) is 6. The normalized spacial score (nSPS) is 27.7. The summed E-state index contributed by atoms with van der Waals surface area (Å²) in [6, 6.07) is 3.11. The summed E-state index contributed by atoms with van der Waals surface area (Å²) in [5, 5.41) is 11.4. The van der Waals surface area contributed by atoms with Crippen molar-refractivity contribution < 1.29 is 19.1 Å². The quantitative estimate of drug-likeness (QED) is 0.388. The zero-order valence-electron chi connectivity index (χ0n) is 14.5. The lowest BCUT2D eigenvalue weighted by molar-refractivity contribution is -0.385. The lowest BCUT2D eigenvalue weighted by atomic mass is 9.69. The highest BCUT2D eigenvalue weighted by Crippen LogP contribution is 2.54. The topological polar surface area (TPSA) is 83.2 Å². The zero-order valence-corrected chi connectivity index (χ0v) is 16.0. The van der Waals surface area contributed by atoms with Crippen LogP contribution in [0.25, 0.3) is 0 Å². The summed E-state index contributed by atoms with van der Waals surface area (Å²) < 4.78 is 17.3. The van der Waals surface area contributed by atoms with Gasteiger partial charge in [-0.15, -0.1) is 0 Å². The van der Waals surface area contributed by atoms with Gasteiger partial charge >= 0.3 is 0 Å². The van der Waals surface area contributed by atoms with Crippen LogP contribution in [0, 0.1) is 10.1 Å². The molecular formula is C17H21BrN2O5. The first kappa shape index (κ1) is 18.3. The minimum Gasteiger partial charge on any atom is -0.490 e. The van der Waals surface area contributed by atoms with Gasteiger partial charge in [0.05, 0.1) is 51.5 Å². The molecule has 2 aliphatic heterocycles. The number of hydrogen-bond donors (Lipinski definition) is 0. The van der Waals surface area contributed by atoms with Crippen molar-refractivity contribution in [1.29, 1.82) is 0 Å². The molecule has 136 valence electrons. The monoisotopic (exact) mass is 412 g/mol. The molecule has 0 radical (unpaired) electrons. The van der Waals surface area contributed by atoms with Gasteiger partial charge in [-0.2, -0.15) is 0 Å². The van der Waals surface area contributed by atoms with Crippen LogP contribution in [0.5, 0.6) is 5.75 Å². The van der Waals surface area contributed by atoms with Gasteiger partial charge in [-0.25, -0.2) is 0 Å². The lowest BCUT2D eigenvalue weighted by Crippen LogP contribution is -2.50. The number of ether oxygens (including phenoxy) is 3. The predicted octanol–water partition coefficient (Wildman–Crippen LogP) is 3.51. The molecule has 0 unspecified atom stereocenters. The van der Waals surface area contributed by atoms with E-state index in [9.17, 15) is 10.1 Å². The van der Waals surface area contributed by atoms with Crippen molar-refractivity contribution in [3.63, 3.8) is 0 Å². The number of methoxy groups -OCH3 is 1. The molecule has 2 heterocycles. The zero-order chi connectivity index (χ0) is 18.2. The van der Waals surface area contributed by atoms with E-state index in [0.29, 0.717) is 29.0 Å². The Morgan fingerprint density at radius 2 is 2.20 bits per heavy atom. The minimum atomic E-state index is -0.417. The molecule has 2 saturated heterocycles. The highest BCUT2D eigenvalue weighted by Gasteiger charge is 2.62. The molecule has 0 amide bonds. The molecule has 4 rings (SSSR count). The summed E-state index contributed by atoms with van der Waals surface area (Å²) in [5.41, 5.74) is -0.0987. The van der Waals surface area contributed by atoms with E-state index in [2.05, 4.69) is 20.9 Å².